The fourth-order valence-electron chi connectivity index (χ4n) is 2.03. The third-order valence-corrected chi connectivity index (χ3v) is 4.05. The van der Waals surface area contributed by atoms with Crippen LogP contribution in [0.5, 0.6) is 0 Å². The predicted molar refractivity (Wildman–Crippen MR) is 90.2 cm³/mol. The maximum atomic E-state index is 11.8. The highest BCUT2D eigenvalue weighted by molar-refractivity contribution is 7.99. The summed E-state index contributed by atoms with van der Waals surface area (Å²) in [5, 5.41) is 6.65. The molecule has 1 aromatic rings. The molecule has 7 heteroatoms. The highest BCUT2D eigenvalue weighted by Gasteiger charge is 2.13. The third-order valence-electron chi connectivity index (χ3n) is 3.10. The molecule has 2 amide bonds. The summed E-state index contributed by atoms with van der Waals surface area (Å²) in [6.07, 6.45) is 1.58. The lowest BCUT2D eigenvalue weighted by Gasteiger charge is -2.24. The highest BCUT2D eigenvalue weighted by atomic mass is 32.2. The summed E-state index contributed by atoms with van der Waals surface area (Å²) in [4.78, 5) is 24.8. The van der Waals surface area contributed by atoms with Crippen molar-refractivity contribution in [1.82, 2.24) is 10.3 Å². The molecule has 1 fully saturated rings. The van der Waals surface area contributed by atoms with E-state index in [1.807, 2.05) is 23.9 Å². The fraction of sp³-hybridized carbons (Fsp3) is 0.400. The SMILES string of the molecule is CC(=O)Nc1ccc(/C=N/NC(=O)CN2CCSCC2)cc1. The maximum Gasteiger partial charge on any atom is 0.254 e. The molecule has 0 bridgehead atoms. The van der Waals surface area contributed by atoms with Crippen LogP contribution in [0.25, 0.3) is 0 Å². The first-order valence-electron chi connectivity index (χ1n) is 7.13. The van der Waals surface area contributed by atoms with Gasteiger partial charge in [-0.2, -0.15) is 16.9 Å². The Morgan fingerprint density at radius 1 is 1.27 bits per heavy atom. The van der Waals surface area contributed by atoms with E-state index < -0.39 is 0 Å². The zero-order chi connectivity index (χ0) is 15.8. The minimum absolute atomic E-state index is 0.0991. The van der Waals surface area contributed by atoms with E-state index in [2.05, 4.69) is 20.7 Å². The smallest absolute Gasteiger partial charge is 0.254 e. The van der Waals surface area contributed by atoms with Gasteiger partial charge < -0.3 is 5.32 Å². The average Bonchev–Trinajstić information content (AvgIpc) is 2.49. The number of rotatable bonds is 5. The second kappa shape index (κ2) is 8.55. The van der Waals surface area contributed by atoms with E-state index in [9.17, 15) is 9.59 Å². The molecule has 0 unspecified atom stereocenters. The van der Waals surface area contributed by atoms with E-state index in [1.54, 1.807) is 18.3 Å². The van der Waals surface area contributed by atoms with Gasteiger partial charge in [0.25, 0.3) is 5.91 Å². The summed E-state index contributed by atoms with van der Waals surface area (Å²) in [6.45, 7) is 3.75. The summed E-state index contributed by atoms with van der Waals surface area (Å²) in [5.74, 6) is 1.96. The largest absolute Gasteiger partial charge is 0.326 e. The topological polar surface area (TPSA) is 73.8 Å². The summed E-state index contributed by atoms with van der Waals surface area (Å²) in [5.41, 5.74) is 4.12. The molecule has 2 rings (SSSR count). The molecule has 2 N–H and O–H groups in total. The Hall–Kier alpha value is -1.86. The number of carbonyl (C=O) groups is 2. The van der Waals surface area contributed by atoms with Gasteiger partial charge in [-0.3, -0.25) is 14.5 Å². The molecule has 0 saturated carbocycles. The zero-order valence-electron chi connectivity index (χ0n) is 12.5. The molecule has 6 nitrogen and oxygen atoms in total. The van der Waals surface area contributed by atoms with Crippen molar-refractivity contribution in [2.75, 3.05) is 36.5 Å². The van der Waals surface area contributed by atoms with Gasteiger partial charge in [-0.15, -0.1) is 0 Å². The normalized spacial score (nSPS) is 15.7. The first kappa shape index (κ1) is 16.5. The average molecular weight is 320 g/mol. The highest BCUT2D eigenvalue weighted by Crippen LogP contribution is 2.09. The fourth-order valence-corrected chi connectivity index (χ4v) is 3.01. The van der Waals surface area contributed by atoms with Gasteiger partial charge in [-0.25, -0.2) is 5.43 Å². The molecule has 1 heterocycles. The Bertz CT molecular complexity index is 539. The van der Waals surface area contributed by atoms with E-state index in [0.717, 1.165) is 35.8 Å². The van der Waals surface area contributed by atoms with Crippen molar-refractivity contribution in [2.45, 2.75) is 6.92 Å². The lowest BCUT2D eigenvalue weighted by Crippen LogP contribution is -2.40. The van der Waals surface area contributed by atoms with Crippen LogP contribution in [0.2, 0.25) is 0 Å². The first-order chi connectivity index (χ1) is 10.6. The van der Waals surface area contributed by atoms with E-state index in [-0.39, 0.29) is 11.8 Å². The standard InChI is InChI=1S/C15H20N4O2S/c1-12(20)17-14-4-2-13(3-5-14)10-16-18-15(21)11-19-6-8-22-9-7-19/h2-5,10H,6-9,11H2,1H3,(H,17,20)(H,18,21)/b16-10+. The number of amides is 2. The molecular formula is C15H20N4O2S. The summed E-state index contributed by atoms with van der Waals surface area (Å²) >= 11 is 1.92. The third kappa shape index (κ3) is 5.87. The van der Waals surface area contributed by atoms with E-state index in [4.69, 9.17) is 0 Å². The van der Waals surface area contributed by atoms with Crippen molar-refractivity contribution in [2.24, 2.45) is 5.10 Å². The van der Waals surface area contributed by atoms with Crippen LogP contribution in [-0.2, 0) is 9.59 Å². The van der Waals surface area contributed by atoms with Gasteiger partial charge in [0.2, 0.25) is 5.91 Å². The first-order valence-corrected chi connectivity index (χ1v) is 8.28. The van der Waals surface area contributed by atoms with Crippen molar-refractivity contribution in [3.8, 4) is 0 Å². The Morgan fingerprint density at radius 2 is 1.95 bits per heavy atom. The Balaban J connectivity index is 1.76. The van der Waals surface area contributed by atoms with Crippen molar-refractivity contribution >= 4 is 35.5 Å². The Morgan fingerprint density at radius 3 is 2.59 bits per heavy atom. The number of thioether (sulfide) groups is 1. The van der Waals surface area contributed by atoms with Gasteiger partial charge in [-0.05, 0) is 17.7 Å². The second-order valence-electron chi connectivity index (χ2n) is 4.98. The molecule has 118 valence electrons. The van der Waals surface area contributed by atoms with Crippen LogP contribution in [-0.4, -0.2) is 54.1 Å². The van der Waals surface area contributed by atoms with Crippen molar-refractivity contribution in [3.63, 3.8) is 0 Å². The number of hydrogen-bond acceptors (Lipinski definition) is 5. The number of hydrazone groups is 1. The number of anilines is 1. The van der Waals surface area contributed by atoms with Gasteiger partial charge in [0, 0.05) is 37.2 Å². The second-order valence-corrected chi connectivity index (χ2v) is 6.21. The molecule has 1 saturated heterocycles. The van der Waals surface area contributed by atoms with Gasteiger partial charge in [0.05, 0.1) is 12.8 Å². The Labute approximate surface area is 134 Å². The van der Waals surface area contributed by atoms with Crippen molar-refractivity contribution < 1.29 is 9.59 Å². The van der Waals surface area contributed by atoms with Gasteiger partial charge in [0.1, 0.15) is 0 Å². The minimum Gasteiger partial charge on any atom is -0.326 e. The predicted octanol–water partition coefficient (Wildman–Crippen LogP) is 1.14. The maximum absolute atomic E-state index is 11.8. The monoisotopic (exact) mass is 320 g/mol. The Kier molecular flexibility index (Phi) is 6.42. The van der Waals surface area contributed by atoms with E-state index in [0.29, 0.717) is 6.54 Å². The van der Waals surface area contributed by atoms with Gasteiger partial charge in [-0.1, -0.05) is 12.1 Å². The molecule has 0 aliphatic carbocycles. The summed E-state index contributed by atoms with van der Waals surface area (Å²) < 4.78 is 0. The van der Waals surface area contributed by atoms with Crippen LogP contribution in [0.3, 0.4) is 0 Å². The number of hydrogen-bond donors (Lipinski definition) is 2. The van der Waals surface area contributed by atoms with Gasteiger partial charge in [0.15, 0.2) is 0 Å². The minimum atomic E-state index is -0.107. The van der Waals surface area contributed by atoms with Crippen molar-refractivity contribution in [1.29, 1.82) is 0 Å². The van der Waals surface area contributed by atoms with Crippen LogP contribution < -0.4 is 10.7 Å². The molecule has 0 aromatic heterocycles. The molecule has 22 heavy (non-hydrogen) atoms. The molecular weight excluding hydrogens is 300 g/mol. The number of nitrogens with one attached hydrogen (secondary N) is 2. The molecule has 1 aliphatic heterocycles. The van der Waals surface area contributed by atoms with Crippen LogP contribution in [0, 0.1) is 0 Å². The molecule has 0 radical (unpaired) electrons. The van der Waals surface area contributed by atoms with Crippen LogP contribution >= 0.6 is 11.8 Å². The van der Waals surface area contributed by atoms with E-state index >= 15 is 0 Å². The number of nitrogens with zero attached hydrogens (tertiary/aromatic N) is 2. The molecule has 1 aromatic carbocycles. The summed E-state index contributed by atoms with van der Waals surface area (Å²) in [7, 11) is 0. The lowest BCUT2D eigenvalue weighted by atomic mass is 10.2. The molecule has 1 aliphatic rings. The molecule has 0 spiro atoms. The summed E-state index contributed by atoms with van der Waals surface area (Å²) in [6, 6.07) is 7.22. The van der Waals surface area contributed by atoms with Crippen LogP contribution in [0.4, 0.5) is 5.69 Å². The number of carbonyl (C=O) groups excluding carboxylic acids is 2. The van der Waals surface area contributed by atoms with Crippen molar-refractivity contribution in [3.05, 3.63) is 29.8 Å². The van der Waals surface area contributed by atoms with E-state index in [1.165, 1.54) is 6.92 Å². The van der Waals surface area contributed by atoms with Crippen LogP contribution in [0.15, 0.2) is 29.4 Å². The zero-order valence-corrected chi connectivity index (χ0v) is 13.4. The van der Waals surface area contributed by atoms with Gasteiger partial charge >= 0.3 is 0 Å². The molecule has 0 atom stereocenters. The lowest BCUT2D eigenvalue weighted by molar-refractivity contribution is -0.122. The number of benzene rings is 1. The van der Waals surface area contributed by atoms with Crippen LogP contribution in [0.1, 0.15) is 12.5 Å². The quantitative estimate of drug-likeness (QED) is 0.630.